The lowest BCUT2D eigenvalue weighted by atomic mass is 10.00. The molecule has 3 heteroatoms. The third-order valence-corrected chi connectivity index (χ3v) is 3.30. The van der Waals surface area contributed by atoms with Gasteiger partial charge in [0.1, 0.15) is 0 Å². The maximum Gasteiger partial charge on any atom is 0.161 e. The average molecular weight is 248 g/mol. The van der Waals surface area contributed by atoms with Crippen LogP contribution in [0.2, 0.25) is 0 Å². The monoisotopic (exact) mass is 248 g/mol. The van der Waals surface area contributed by atoms with Crippen LogP contribution in [0, 0.1) is 5.92 Å². The van der Waals surface area contributed by atoms with E-state index in [-0.39, 0.29) is 5.78 Å². The fourth-order valence-electron chi connectivity index (χ4n) is 2.09. The van der Waals surface area contributed by atoms with Crippen molar-refractivity contribution in [2.24, 2.45) is 5.92 Å². The van der Waals surface area contributed by atoms with Gasteiger partial charge in [0, 0.05) is 23.0 Å². The molecule has 0 heterocycles. The Morgan fingerprint density at radius 2 is 2.06 bits per heavy atom. The Morgan fingerprint density at radius 3 is 2.56 bits per heavy atom. The van der Waals surface area contributed by atoms with E-state index in [0.717, 1.165) is 12.1 Å². The SMILES string of the molecule is CCC(C)CC(C)Nc1ccc(C(C)=O)c(N)c1. The lowest BCUT2D eigenvalue weighted by Gasteiger charge is -2.19. The Kier molecular flexibility index (Phi) is 5.20. The molecule has 1 aromatic carbocycles. The Bertz CT molecular complexity index is 415. The van der Waals surface area contributed by atoms with Crippen LogP contribution in [0.5, 0.6) is 0 Å². The molecule has 1 rings (SSSR count). The smallest absolute Gasteiger partial charge is 0.161 e. The molecule has 2 atom stereocenters. The lowest BCUT2D eigenvalue weighted by Crippen LogP contribution is -2.18. The predicted molar refractivity (Wildman–Crippen MR) is 78.0 cm³/mol. The quantitative estimate of drug-likeness (QED) is 0.596. The first-order valence-electron chi connectivity index (χ1n) is 6.61. The molecule has 0 saturated carbocycles. The first-order valence-corrected chi connectivity index (χ1v) is 6.61. The standard InChI is InChI=1S/C15H24N2O/c1-5-10(2)8-11(3)17-13-6-7-14(12(4)18)15(16)9-13/h6-7,9-11,17H,5,8,16H2,1-4H3. The van der Waals surface area contributed by atoms with E-state index in [1.807, 2.05) is 12.1 Å². The summed E-state index contributed by atoms with van der Waals surface area (Å²) in [5.41, 5.74) is 7.98. The number of hydrogen-bond acceptors (Lipinski definition) is 3. The summed E-state index contributed by atoms with van der Waals surface area (Å²) in [6.07, 6.45) is 2.32. The Morgan fingerprint density at radius 1 is 1.39 bits per heavy atom. The number of anilines is 2. The van der Waals surface area contributed by atoms with E-state index in [1.165, 1.54) is 13.3 Å². The molecular formula is C15H24N2O. The number of benzene rings is 1. The van der Waals surface area contributed by atoms with Crippen LogP contribution in [0.1, 0.15) is 50.9 Å². The number of nitrogen functional groups attached to an aromatic ring is 1. The highest BCUT2D eigenvalue weighted by atomic mass is 16.1. The van der Waals surface area contributed by atoms with Crippen LogP contribution in [0.15, 0.2) is 18.2 Å². The molecule has 0 aliphatic heterocycles. The zero-order valence-corrected chi connectivity index (χ0v) is 11.8. The molecular weight excluding hydrogens is 224 g/mol. The third kappa shape index (κ3) is 4.06. The predicted octanol–water partition coefficient (Wildman–Crippen LogP) is 3.71. The highest BCUT2D eigenvalue weighted by Gasteiger charge is 2.09. The summed E-state index contributed by atoms with van der Waals surface area (Å²) in [4.78, 5) is 11.3. The molecule has 0 spiro atoms. The van der Waals surface area contributed by atoms with Gasteiger partial charge in [-0.15, -0.1) is 0 Å². The second kappa shape index (κ2) is 6.43. The summed E-state index contributed by atoms with van der Waals surface area (Å²) in [5, 5.41) is 3.42. The van der Waals surface area contributed by atoms with Crippen molar-refractivity contribution in [2.75, 3.05) is 11.1 Å². The lowest BCUT2D eigenvalue weighted by molar-refractivity contribution is 0.101. The van der Waals surface area contributed by atoms with Crippen LogP contribution >= 0.6 is 0 Å². The van der Waals surface area contributed by atoms with Gasteiger partial charge in [0.2, 0.25) is 0 Å². The number of Topliss-reactive ketones (excluding diaryl/α,β-unsaturated/α-hetero) is 1. The molecule has 0 amide bonds. The second-order valence-corrected chi connectivity index (χ2v) is 5.15. The van der Waals surface area contributed by atoms with Gasteiger partial charge in [-0.1, -0.05) is 20.3 Å². The maximum atomic E-state index is 11.3. The summed E-state index contributed by atoms with van der Waals surface area (Å²) in [6, 6.07) is 5.95. The van der Waals surface area contributed by atoms with E-state index in [0.29, 0.717) is 23.2 Å². The van der Waals surface area contributed by atoms with Gasteiger partial charge in [0.25, 0.3) is 0 Å². The number of ketones is 1. The van der Waals surface area contributed by atoms with Crippen LogP contribution < -0.4 is 11.1 Å². The topological polar surface area (TPSA) is 55.1 Å². The average Bonchev–Trinajstić information content (AvgIpc) is 2.28. The Hall–Kier alpha value is -1.51. The molecule has 18 heavy (non-hydrogen) atoms. The van der Waals surface area contributed by atoms with Gasteiger partial charge in [-0.3, -0.25) is 4.79 Å². The number of rotatable bonds is 6. The number of carbonyl (C=O) groups excluding carboxylic acids is 1. The summed E-state index contributed by atoms with van der Waals surface area (Å²) >= 11 is 0. The van der Waals surface area contributed by atoms with Crippen LogP contribution in [0.3, 0.4) is 0 Å². The van der Waals surface area contributed by atoms with Gasteiger partial charge in [-0.2, -0.15) is 0 Å². The van der Waals surface area contributed by atoms with Crippen molar-refractivity contribution in [1.29, 1.82) is 0 Å². The maximum absolute atomic E-state index is 11.3. The molecule has 2 unspecified atom stereocenters. The number of nitrogens with two attached hydrogens (primary N) is 1. The van der Waals surface area contributed by atoms with E-state index in [2.05, 4.69) is 26.1 Å². The first kappa shape index (κ1) is 14.6. The molecule has 0 bridgehead atoms. The Labute approximate surface area is 110 Å². The van der Waals surface area contributed by atoms with E-state index >= 15 is 0 Å². The summed E-state index contributed by atoms with van der Waals surface area (Å²) in [6.45, 7) is 8.16. The van der Waals surface area contributed by atoms with E-state index in [9.17, 15) is 4.79 Å². The molecule has 0 radical (unpaired) electrons. The van der Waals surface area contributed by atoms with Crippen molar-refractivity contribution >= 4 is 17.2 Å². The van der Waals surface area contributed by atoms with E-state index in [4.69, 9.17) is 5.73 Å². The highest BCUT2D eigenvalue weighted by molar-refractivity contribution is 5.99. The van der Waals surface area contributed by atoms with Gasteiger partial charge in [0.15, 0.2) is 5.78 Å². The largest absolute Gasteiger partial charge is 0.398 e. The zero-order valence-electron chi connectivity index (χ0n) is 11.8. The number of nitrogens with one attached hydrogen (secondary N) is 1. The van der Waals surface area contributed by atoms with Crippen molar-refractivity contribution in [1.82, 2.24) is 0 Å². The van der Waals surface area contributed by atoms with Crippen LogP contribution in [-0.4, -0.2) is 11.8 Å². The molecule has 0 fully saturated rings. The molecule has 1 aromatic rings. The minimum Gasteiger partial charge on any atom is -0.398 e. The molecule has 3 nitrogen and oxygen atoms in total. The van der Waals surface area contributed by atoms with Crippen molar-refractivity contribution in [3.63, 3.8) is 0 Å². The second-order valence-electron chi connectivity index (χ2n) is 5.15. The van der Waals surface area contributed by atoms with Crippen molar-refractivity contribution < 1.29 is 4.79 Å². The van der Waals surface area contributed by atoms with Gasteiger partial charge in [0.05, 0.1) is 0 Å². The summed E-state index contributed by atoms with van der Waals surface area (Å²) in [5.74, 6) is 0.716. The number of hydrogen-bond donors (Lipinski definition) is 2. The van der Waals surface area contributed by atoms with E-state index in [1.54, 1.807) is 6.07 Å². The summed E-state index contributed by atoms with van der Waals surface area (Å²) < 4.78 is 0. The molecule has 0 aliphatic carbocycles. The Balaban J connectivity index is 2.68. The fourth-order valence-corrected chi connectivity index (χ4v) is 2.09. The third-order valence-electron chi connectivity index (χ3n) is 3.30. The minimum absolute atomic E-state index is 0.00621. The van der Waals surface area contributed by atoms with Crippen molar-refractivity contribution in [3.05, 3.63) is 23.8 Å². The summed E-state index contributed by atoms with van der Waals surface area (Å²) in [7, 11) is 0. The number of carbonyl (C=O) groups is 1. The minimum atomic E-state index is 0.00621. The van der Waals surface area contributed by atoms with E-state index < -0.39 is 0 Å². The molecule has 0 aromatic heterocycles. The van der Waals surface area contributed by atoms with Gasteiger partial charge in [-0.05, 0) is 44.4 Å². The van der Waals surface area contributed by atoms with Crippen LogP contribution in [0.25, 0.3) is 0 Å². The fraction of sp³-hybridized carbons (Fsp3) is 0.533. The molecule has 3 N–H and O–H groups in total. The van der Waals surface area contributed by atoms with Gasteiger partial charge < -0.3 is 11.1 Å². The van der Waals surface area contributed by atoms with Crippen LogP contribution in [-0.2, 0) is 0 Å². The van der Waals surface area contributed by atoms with Crippen LogP contribution in [0.4, 0.5) is 11.4 Å². The van der Waals surface area contributed by atoms with Crippen molar-refractivity contribution in [3.8, 4) is 0 Å². The van der Waals surface area contributed by atoms with Gasteiger partial charge in [-0.25, -0.2) is 0 Å². The highest BCUT2D eigenvalue weighted by Crippen LogP contribution is 2.20. The van der Waals surface area contributed by atoms with Gasteiger partial charge >= 0.3 is 0 Å². The first-order chi connectivity index (χ1) is 8.43. The molecule has 0 aliphatic rings. The molecule has 0 saturated heterocycles. The normalized spacial score (nSPS) is 14.0. The molecule has 100 valence electrons. The van der Waals surface area contributed by atoms with Crippen molar-refractivity contribution in [2.45, 2.75) is 46.6 Å². The zero-order chi connectivity index (χ0) is 13.7.